The molecule has 0 rings (SSSR count). The van der Waals surface area contributed by atoms with Crippen molar-refractivity contribution in [2.45, 2.75) is 213 Å². The standard InChI is InChI=1S/C45H82O4/c1-3-5-7-9-11-13-15-17-18-19-20-21-22-23-24-25-26-27-29-31-33-35-37-39-41-48-43-44(42-46)49-45(47)40-38-36-34-32-30-28-16-14-12-10-8-6-4-2/h14-17,19-20,22-23,44,46H,3-13,18,21,24-43H2,1-2H3/b16-14-,17-15-,20-19-,23-22-. The number of aliphatic hydroxyl groups is 1. The number of hydrogen-bond donors (Lipinski definition) is 1. The molecule has 0 aliphatic heterocycles. The molecule has 0 aromatic rings. The number of carbonyl (C=O) groups is 1. The average Bonchev–Trinajstić information content (AvgIpc) is 3.11. The number of carbonyl (C=O) groups excluding carboxylic acids is 1. The Bertz CT molecular complexity index is 768. The summed E-state index contributed by atoms with van der Waals surface area (Å²) in [5, 5.41) is 9.58. The zero-order valence-corrected chi connectivity index (χ0v) is 32.7. The highest BCUT2D eigenvalue weighted by Gasteiger charge is 2.13. The van der Waals surface area contributed by atoms with Gasteiger partial charge in [-0.1, -0.05) is 172 Å². The van der Waals surface area contributed by atoms with E-state index in [-0.39, 0.29) is 19.2 Å². The van der Waals surface area contributed by atoms with E-state index in [4.69, 9.17) is 9.47 Å². The number of rotatable bonds is 39. The molecule has 0 saturated carbocycles. The molecule has 4 heteroatoms. The number of unbranched alkanes of at least 4 members (excludes halogenated alkanes) is 23. The van der Waals surface area contributed by atoms with Crippen molar-refractivity contribution in [3.8, 4) is 0 Å². The van der Waals surface area contributed by atoms with Crippen LogP contribution in [0.4, 0.5) is 0 Å². The Balaban J connectivity index is 3.45. The molecule has 0 aliphatic rings. The zero-order chi connectivity index (χ0) is 35.6. The minimum Gasteiger partial charge on any atom is -0.457 e. The smallest absolute Gasteiger partial charge is 0.306 e. The second kappa shape index (κ2) is 42.5. The van der Waals surface area contributed by atoms with Gasteiger partial charge in [0.25, 0.3) is 0 Å². The predicted molar refractivity (Wildman–Crippen MR) is 214 cm³/mol. The molecular formula is C45H82O4. The SMILES string of the molecule is CCCCCC/C=C\CCCCCCCC(=O)OC(CO)COCCCCCCCCCCC/C=C\C/C=C\C/C=C\CCCCCCC. The predicted octanol–water partition coefficient (Wildman–Crippen LogP) is 13.9. The van der Waals surface area contributed by atoms with Crippen LogP contribution in [0.3, 0.4) is 0 Å². The van der Waals surface area contributed by atoms with E-state index in [1.807, 2.05) is 0 Å². The molecule has 1 unspecified atom stereocenters. The summed E-state index contributed by atoms with van der Waals surface area (Å²) >= 11 is 0. The van der Waals surface area contributed by atoms with Gasteiger partial charge in [0, 0.05) is 13.0 Å². The van der Waals surface area contributed by atoms with Crippen LogP contribution < -0.4 is 0 Å². The zero-order valence-electron chi connectivity index (χ0n) is 32.7. The molecule has 0 heterocycles. The van der Waals surface area contributed by atoms with Crippen molar-refractivity contribution >= 4 is 5.97 Å². The van der Waals surface area contributed by atoms with Gasteiger partial charge in [-0.2, -0.15) is 0 Å². The lowest BCUT2D eigenvalue weighted by Gasteiger charge is -2.15. The third-order valence-corrected chi connectivity index (χ3v) is 9.13. The average molecular weight is 687 g/mol. The molecule has 0 radical (unpaired) electrons. The van der Waals surface area contributed by atoms with Gasteiger partial charge in [0.05, 0.1) is 13.2 Å². The molecule has 0 bridgehead atoms. The lowest BCUT2D eigenvalue weighted by atomic mass is 10.1. The van der Waals surface area contributed by atoms with Crippen LogP contribution in [0, 0.1) is 0 Å². The molecule has 0 aliphatic carbocycles. The fourth-order valence-corrected chi connectivity index (χ4v) is 5.92. The highest BCUT2D eigenvalue weighted by molar-refractivity contribution is 5.69. The van der Waals surface area contributed by atoms with Gasteiger partial charge in [-0.15, -0.1) is 0 Å². The van der Waals surface area contributed by atoms with Crippen LogP contribution in [0.15, 0.2) is 48.6 Å². The summed E-state index contributed by atoms with van der Waals surface area (Å²) in [7, 11) is 0. The Hall–Kier alpha value is -1.65. The van der Waals surface area contributed by atoms with E-state index in [1.165, 1.54) is 154 Å². The first kappa shape index (κ1) is 47.4. The Morgan fingerprint density at radius 2 is 0.857 bits per heavy atom. The Kier molecular flexibility index (Phi) is 41.1. The summed E-state index contributed by atoms with van der Waals surface area (Å²) < 4.78 is 11.1. The van der Waals surface area contributed by atoms with Crippen LogP contribution in [0.5, 0.6) is 0 Å². The van der Waals surface area contributed by atoms with Crippen molar-refractivity contribution in [1.82, 2.24) is 0 Å². The normalized spacial score (nSPS) is 12.8. The number of hydrogen-bond acceptors (Lipinski definition) is 4. The van der Waals surface area contributed by atoms with E-state index in [0.29, 0.717) is 13.0 Å². The van der Waals surface area contributed by atoms with Crippen molar-refractivity contribution < 1.29 is 19.4 Å². The lowest BCUT2D eigenvalue weighted by molar-refractivity contribution is -0.154. The molecule has 1 atom stereocenters. The Morgan fingerprint density at radius 1 is 0.490 bits per heavy atom. The largest absolute Gasteiger partial charge is 0.457 e. The quantitative estimate of drug-likeness (QED) is 0.0397. The van der Waals surface area contributed by atoms with Gasteiger partial charge in [0.1, 0.15) is 6.10 Å². The van der Waals surface area contributed by atoms with E-state index in [1.54, 1.807) is 0 Å². The van der Waals surface area contributed by atoms with Crippen molar-refractivity contribution in [2.24, 2.45) is 0 Å². The fourth-order valence-electron chi connectivity index (χ4n) is 5.92. The highest BCUT2D eigenvalue weighted by atomic mass is 16.6. The van der Waals surface area contributed by atoms with Gasteiger partial charge in [0.15, 0.2) is 0 Å². The van der Waals surface area contributed by atoms with Crippen LogP contribution in [-0.2, 0) is 14.3 Å². The van der Waals surface area contributed by atoms with Gasteiger partial charge in [-0.05, 0) is 77.0 Å². The number of ether oxygens (including phenoxy) is 2. The Morgan fingerprint density at radius 3 is 1.33 bits per heavy atom. The maximum Gasteiger partial charge on any atom is 0.306 e. The second-order valence-electron chi connectivity index (χ2n) is 14.1. The fraction of sp³-hybridized carbons (Fsp3) is 0.800. The maximum atomic E-state index is 12.2. The first-order valence-corrected chi connectivity index (χ1v) is 21.2. The van der Waals surface area contributed by atoms with E-state index in [0.717, 1.165) is 32.1 Å². The van der Waals surface area contributed by atoms with E-state index >= 15 is 0 Å². The van der Waals surface area contributed by atoms with Crippen molar-refractivity contribution in [1.29, 1.82) is 0 Å². The molecule has 49 heavy (non-hydrogen) atoms. The van der Waals surface area contributed by atoms with Crippen molar-refractivity contribution in [2.75, 3.05) is 19.8 Å². The van der Waals surface area contributed by atoms with Gasteiger partial charge < -0.3 is 14.6 Å². The molecule has 0 aromatic carbocycles. The van der Waals surface area contributed by atoms with Gasteiger partial charge in [-0.3, -0.25) is 4.79 Å². The second-order valence-corrected chi connectivity index (χ2v) is 14.1. The van der Waals surface area contributed by atoms with E-state index < -0.39 is 6.10 Å². The van der Waals surface area contributed by atoms with Crippen LogP contribution >= 0.6 is 0 Å². The lowest BCUT2D eigenvalue weighted by Crippen LogP contribution is -2.27. The van der Waals surface area contributed by atoms with Gasteiger partial charge in [0.2, 0.25) is 0 Å². The van der Waals surface area contributed by atoms with Gasteiger partial charge >= 0.3 is 5.97 Å². The minimum atomic E-state index is -0.541. The third-order valence-electron chi connectivity index (χ3n) is 9.13. The molecule has 1 N–H and O–H groups in total. The topological polar surface area (TPSA) is 55.8 Å². The molecule has 0 spiro atoms. The van der Waals surface area contributed by atoms with Crippen molar-refractivity contribution in [3.63, 3.8) is 0 Å². The maximum absolute atomic E-state index is 12.2. The summed E-state index contributed by atoms with van der Waals surface area (Å²) in [6, 6.07) is 0. The monoisotopic (exact) mass is 687 g/mol. The van der Waals surface area contributed by atoms with E-state index in [2.05, 4.69) is 62.5 Å². The molecular weight excluding hydrogens is 604 g/mol. The molecule has 286 valence electrons. The molecule has 0 amide bonds. The summed E-state index contributed by atoms with van der Waals surface area (Å²) in [5.41, 5.74) is 0. The van der Waals surface area contributed by atoms with Crippen LogP contribution in [0.1, 0.15) is 206 Å². The first-order valence-electron chi connectivity index (χ1n) is 21.2. The van der Waals surface area contributed by atoms with Crippen molar-refractivity contribution in [3.05, 3.63) is 48.6 Å². The molecule has 4 nitrogen and oxygen atoms in total. The number of aliphatic hydroxyl groups excluding tert-OH is 1. The third kappa shape index (κ3) is 40.7. The summed E-state index contributed by atoms with van der Waals surface area (Å²) in [6.07, 6.45) is 54.5. The molecule has 0 saturated heterocycles. The molecule has 0 aromatic heterocycles. The first-order chi connectivity index (χ1) is 24.2. The van der Waals surface area contributed by atoms with Crippen LogP contribution in [-0.4, -0.2) is 37.0 Å². The highest BCUT2D eigenvalue weighted by Crippen LogP contribution is 2.13. The van der Waals surface area contributed by atoms with Crippen LogP contribution in [0.25, 0.3) is 0 Å². The Labute approximate surface area is 305 Å². The summed E-state index contributed by atoms with van der Waals surface area (Å²) in [6.45, 7) is 5.30. The van der Waals surface area contributed by atoms with Gasteiger partial charge in [-0.25, -0.2) is 0 Å². The summed E-state index contributed by atoms with van der Waals surface area (Å²) in [5.74, 6) is -0.213. The minimum absolute atomic E-state index is 0.178. The van der Waals surface area contributed by atoms with Crippen LogP contribution in [0.2, 0.25) is 0 Å². The number of allylic oxidation sites excluding steroid dienone is 8. The number of esters is 1. The molecule has 0 fully saturated rings. The van der Waals surface area contributed by atoms with E-state index in [9.17, 15) is 9.90 Å². The summed E-state index contributed by atoms with van der Waals surface area (Å²) in [4.78, 5) is 12.2.